The van der Waals surface area contributed by atoms with Crippen LogP contribution in [0.25, 0.3) is 0 Å². The predicted molar refractivity (Wildman–Crippen MR) is 127 cm³/mol. The van der Waals surface area contributed by atoms with E-state index in [1.165, 1.54) is 0 Å². The molecule has 0 aromatic heterocycles. The van der Waals surface area contributed by atoms with Gasteiger partial charge < -0.3 is 20.7 Å². The maximum absolute atomic E-state index is 11.0. The second-order valence-corrected chi connectivity index (χ2v) is 9.25. The summed E-state index contributed by atoms with van der Waals surface area (Å²) in [6, 6.07) is 23.7. The van der Waals surface area contributed by atoms with Crippen LogP contribution in [0.3, 0.4) is 0 Å². The monoisotopic (exact) mass is 471 g/mol. The Hall–Kier alpha value is -2.51. The number of ether oxygens (including phenoxy) is 1. The topological polar surface area (TPSA) is 92.8 Å². The fourth-order valence-corrected chi connectivity index (χ4v) is 4.45. The summed E-state index contributed by atoms with van der Waals surface area (Å²) in [5.74, 6) is -0.238. The molecule has 7 heteroatoms. The second kappa shape index (κ2) is 11.4. The lowest BCUT2D eigenvalue weighted by Crippen LogP contribution is -2.46. The predicted octanol–water partition coefficient (Wildman–Crippen LogP) is 5.17. The van der Waals surface area contributed by atoms with Crippen LogP contribution in [-0.4, -0.2) is 28.3 Å². The highest BCUT2D eigenvalue weighted by molar-refractivity contribution is 7.99. The van der Waals surface area contributed by atoms with Crippen molar-refractivity contribution in [2.24, 2.45) is 5.73 Å². The molecule has 0 spiro atoms. The summed E-state index contributed by atoms with van der Waals surface area (Å²) in [7, 11) is 0. The Kier molecular flexibility index (Phi) is 8.59. The van der Waals surface area contributed by atoms with Gasteiger partial charge in [0.2, 0.25) is 0 Å². The highest BCUT2D eigenvalue weighted by Gasteiger charge is 2.27. The highest BCUT2D eigenvalue weighted by atomic mass is 35.5. The van der Waals surface area contributed by atoms with Gasteiger partial charge in [-0.1, -0.05) is 65.8 Å². The minimum atomic E-state index is -1.16. The summed E-state index contributed by atoms with van der Waals surface area (Å²) in [5.41, 5.74) is 6.83. The SMILES string of the molecule is NC(CO)(CCc1ccc(Sc2cccc(OCc3ccccc3)c2)cc1Cl)CC(=O)O. The van der Waals surface area contributed by atoms with Crippen molar-refractivity contribution in [3.63, 3.8) is 0 Å². The highest BCUT2D eigenvalue weighted by Crippen LogP contribution is 2.33. The number of nitrogens with two attached hydrogens (primary N) is 1. The number of aryl methyl sites for hydroxylation is 1. The molecular weight excluding hydrogens is 446 g/mol. The Labute approximate surface area is 197 Å². The number of carboxylic acid groups (broad SMARTS) is 1. The van der Waals surface area contributed by atoms with Crippen LogP contribution in [0.1, 0.15) is 24.0 Å². The first-order valence-electron chi connectivity index (χ1n) is 10.2. The molecule has 3 rings (SSSR count). The lowest BCUT2D eigenvalue weighted by Gasteiger charge is -2.25. The number of benzene rings is 3. The summed E-state index contributed by atoms with van der Waals surface area (Å²) in [6.45, 7) is 0.112. The van der Waals surface area contributed by atoms with E-state index in [1.807, 2.05) is 72.8 Å². The van der Waals surface area contributed by atoms with Crippen molar-refractivity contribution in [3.05, 3.63) is 88.9 Å². The molecule has 0 saturated heterocycles. The van der Waals surface area contributed by atoms with E-state index in [0.29, 0.717) is 24.5 Å². The van der Waals surface area contributed by atoms with E-state index in [2.05, 4.69) is 0 Å². The Bertz CT molecular complexity index is 1050. The van der Waals surface area contributed by atoms with Gasteiger partial charge in [-0.3, -0.25) is 4.79 Å². The number of hydrogen-bond donors (Lipinski definition) is 3. The van der Waals surface area contributed by atoms with Gasteiger partial charge in [0.15, 0.2) is 0 Å². The summed E-state index contributed by atoms with van der Waals surface area (Å²) in [5, 5.41) is 19.1. The van der Waals surface area contributed by atoms with E-state index in [4.69, 9.17) is 27.2 Å². The van der Waals surface area contributed by atoms with Gasteiger partial charge in [0.1, 0.15) is 12.4 Å². The third kappa shape index (κ3) is 7.28. The van der Waals surface area contributed by atoms with Crippen molar-refractivity contribution < 1.29 is 19.7 Å². The molecular formula is C25H26ClNO4S. The molecule has 0 amide bonds. The molecule has 0 radical (unpaired) electrons. The van der Waals surface area contributed by atoms with Gasteiger partial charge in [-0.05, 0) is 54.3 Å². The second-order valence-electron chi connectivity index (χ2n) is 7.70. The fourth-order valence-electron chi connectivity index (χ4n) is 3.21. The first-order chi connectivity index (χ1) is 15.4. The van der Waals surface area contributed by atoms with Gasteiger partial charge in [0.25, 0.3) is 0 Å². The first-order valence-corrected chi connectivity index (χ1v) is 11.4. The maximum Gasteiger partial charge on any atom is 0.305 e. The quantitative estimate of drug-likeness (QED) is 0.357. The van der Waals surface area contributed by atoms with Crippen LogP contribution in [0.15, 0.2) is 82.6 Å². The molecule has 1 atom stereocenters. The number of hydrogen-bond acceptors (Lipinski definition) is 5. The Morgan fingerprint density at radius 1 is 1.03 bits per heavy atom. The zero-order valence-corrected chi connectivity index (χ0v) is 19.1. The molecule has 3 aromatic carbocycles. The Morgan fingerprint density at radius 2 is 1.78 bits per heavy atom. The van der Waals surface area contributed by atoms with Crippen LogP contribution >= 0.6 is 23.4 Å². The lowest BCUT2D eigenvalue weighted by molar-refractivity contribution is -0.138. The van der Waals surface area contributed by atoms with E-state index in [0.717, 1.165) is 26.7 Å². The molecule has 0 aliphatic carbocycles. The van der Waals surface area contributed by atoms with E-state index in [-0.39, 0.29) is 6.42 Å². The van der Waals surface area contributed by atoms with Gasteiger partial charge in [-0.2, -0.15) is 0 Å². The molecule has 32 heavy (non-hydrogen) atoms. The largest absolute Gasteiger partial charge is 0.489 e. The number of halogens is 1. The van der Waals surface area contributed by atoms with Gasteiger partial charge in [0.05, 0.1) is 13.0 Å². The van der Waals surface area contributed by atoms with E-state index in [1.54, 1.807) is 11.8 Å². The zero-order chi connectivity index (χ0) is 23.0. The molecule has 4 N–H and O–H groups in total. The molecule has 0 bridgehead atoms. The van der Waals surface area contributed by atoms with Crippen LogP contribution < -0.4 is 10.5 Å². The third-order valence-corrected chi connectivity index (χ3v) is 6.36. The van der Waals surface area contributed by atoms with Crippen molar-refractivity contribution >= 4 is 29.3 Å². The van der Waals surface area contributed by atoms with Crippen LogP contribution in [-0.2, 0) is 17.8 Å². The molecule has 0 aliphatic rings. The normalized spacial score (nSPS) is 12.8. The van der Waals surface area contributed by atoms with Crippen LogP contribution in [0, 0.1) is 0 Å². The lowest BCUT2D eigenvalue weighted by atomic mass is 9.90. The van der Waals surface area contributed by atoms with Crippen molar-refractivity contribution in [3.8, 4) is 5.75 Å². The smallest absolute Gasteiger partial charge is 0.305 e. The number of carbonyl (C=O) groups is 1. The van der Waals surface area contributed by atoms with Crippen LogP contribution in [0.2, 0.25) is 5.02 Å². The molecule has 5 nitrogen and oxygen atoms in total. The summed E-state index contributed by atoms with van der Waals surface area (Å²) in [6.07, 6.45) is 0.511. The number of aliphatic hydroxyl groups excluding tert-OH is 1. The minimum absolute atomic E-state index is 0.294. The van der Waals surface area contributed by atoms with Gasteiger partial charge >= 0.3 is 5.97 Å². The van der Waals surface area contributed by atoms with Gasteiger partial charge in [-0.25, -0.2) is 0 Å². The van der Waals surface area contributed by atoms with Crippen LogP contribution in [0.4, 0.5) is 0 Å². The molecule has 168 valence electrons. The number of aliphatic carboxylic acids is 1. The Morgan fingerprint density at radius 3 is 2.47 bits per heavy atom. The molecule has 0 heterocycles. The van der Waals surface area contributed by atoms with Gasteiger partial charge in [-0.15, -0.1) is 0 Å². The van der Waals surface area contributed by atoms with Crippen LogP contribution in [0.5, 0.6) is 5.75 Å². The number of carboxylic acids is 1. The Balaban J connectivity index is 1.61. The minimum Gasteiger partial charge on any atom is -0.489 e. The molecule has 0 aliphatic heterocycles. The van der Waals surface area contributed by atoms with Gasteiger partial charge in [0, 0.05) is 20.4 Å². The van der Waals surface area contributed by atoms with E-state index >= 15 is 0 Å². The number of rotatable bonds is 11. The van der Waals surface area contributed by atoms with Crippen molar-refractivity contribution in [1.29, 1.82) is 0 Å². The van der Waals surface area contributed by atoms with E-state index in [9.17, 15) is 9.90 Å². The summed E-state index contributed by atoms with van der Waals surface area (Å²) < 4.78 is 5.90. The third-order valence-electron chi connectivity index (χ3n) is 5.02. The molecule has 0 fully saturated rings. The average molecular weight is 472 g/mol. The molecule has 3 aromatic rings. The van der Waals surface area contributed by atoms with Crippen molar-refractivity contribution in [2.45, 2.75) is 41.2 Å². The molecule has 0 saturated carbocycles. The summed E-state index contributed by atoms with van der Waals surface area (Å²) >= 11 is 8.04. The maximum atomic E-state index is 11.0. The zero-order valence-electron chi connectivity index (χ0n) is 17.5. The first kappa shape index (κ1) is 24.1. The average Bonchev–Trinajstić information content (AvgIpc) is 2.78. The van der Waals surface area contributed by atoms with Crippen molar-refractivity contribution in [2.75, 3.05) is 6.61 Å². The standard InChI is InChI=1S/C25H26ClNO4S/c26-23-14-22(10-9-19(23)11-12-25(27,17-28)15-24(29)30)32-21-8-4-7-20(13-21)31-16-18-5-2-1-3-6-18/h1-10,13-14,28H,11-12,15-17,27H2,(H,29,30). The summed E-state index contributed by atoms with van der Waals surface area (Å²) in [4.78, 5) is 13.0. The fraction of sp³-hybridized carbons (Fsp3) is 0.240. The van der Waals surface area contributed by atoms with E-state index < -0.39 is 18.1 Å². The molecule has 1 unspecified atom stereocenters. The van der Waals surface area contributed by atoms with Crippen molar-refractivity contribution in [1.82, 2.24) is 0 Å². The number of aliphatic hydroxyl groups is 1.